The zero-order valence-corrected chi connectivity index (χ0v) is 18.7. The van der Waals surface area contributed by atoms with Crippen molar-refractivity contribution in [1.82, 2.24) is 0 Å². The molecule has 1 N–H and O–H groups in total. The minimum Gasteiger partial charge on any atom is -0.502 e. The molecule has 33 heavy (non-hydrogen) atoms. The van der Waals surface area contributed by atoms with Crippen molar-refractivity contribution in [2.75, 3.05) is 19.1 Å². The summed E-state index contributed by atoms with van der Waals surface area (Å²) in [7, 11) is 2.79. The first-order valence-corrected chi connectivity index (χ1v) is 10.6. The minimum absolute atomic E-state index is 0.0688. The first-order chi connectivity index (χ1) is 15.8. The van der Waals surface area contributed by atoms with E-state index in [1.165, 1.54) is 37.3 Å². The lowest BCUT2D eigenvalue weighted by molar-refractivity contribution is -0.384. The highest BCUT2D eigenvalue weighted by atomic mass is 35.5. The highest BCUT2D eigenvalue weighted by Gasteiger charge is 2.41. The number of nitro groups is 1. The van der Waals surface area contributed by atoms with Crippen LogP contribution in [0.4, 0.5) is 11.4 Å². The minimum atomic E-state index is -0.586. The van der Waals surface area contributed by atoms with Crippen LogP contribution in [0, 0.1) is 10.1 Å². The van der Waals surface area contributed by atoms with Gasteiger partial charge in [0, 0.05) is 42.2 Å². The molecule has 172 valence electrons. The number of Topliss-reactive ketones (excluding diaryl/α,β-unsaturated/α-hetero) is 1. The number of halogens is 1. The second-order valence-electron chi connectivity index (χ2n) is 7.79. The van der Waals surface area contributed by atoms with Gasteiger partial charge in [-0.3, -0.25) is 24.6 Å². The number of phenolic OH excluding ortho intramolecular Hbond substituents is 1. The molecule has 10 heteroatoms. The third-order valence-electron chi connectivity index (χ3n) is 5.96. The topological polar surface area (TPSA) is 119 Å². The monoisotopic (exact) mass is 472 g/mol. The van der Waals surface area contributed by atoms with E-state index < -0.39 is 10.8 Å². The normalized spacial score (nSPS) is 18.3. The average Bonchev–Trinajstić information content (AvgIpc) is 2.79. The molecule has 0 radical (unpaired) electrons. The number of carbonyl (C=O) groups is 2. The highest BCUT2D eigenvalue weighted by molar-refractivity contribution is 6.34. The molecule has 2 aromatic rings. The third kappa shape index (κ3) is 3.89. The fourth-order valence-electron chi connectivity index (χ4n) is 4.46. The maximum atomic E-state index is 13.4. The molecule has 1 unspecified atom stereocenters. The number of hydrogen-bond acceptors (Lipinski definition) is 7. The van der Waals surface area contributed by atoms with Crippen molar-refractivity contribution in [3.63, 3.8) is 0 Å². The van der Waals surface area contributed by atoms with Crippen LogP contribution < -0.4 is 14.4 Å². The van der Waals surface area contributed by atoms with Gasteiger partial charge in [-0.1, -0.05) is 11.6 Å². The van der Waals surface area contributed by atoms with Gasteiger partial charge in [0.05, 0.1) is 29.9 Å². The zero-order valence-electron chi connectivity index (χ0n) is 18.0. The molecule has 2 aromatic carbocycles. The predicted molar refractivity (Wildman–Crippen MR) is 120 cm³/mol. The van der Waals surface area contributed by atoms with Gasteiger partial charge < -0.3 is 14.6 Å². The molecule has 0 saturated heterocycles. The Morgan fingerprint density at radius 3 is 2.39 bits per heavy atom. The number of carbonyl (C=O) groups excluding carboxylic acids is 2. The number of hydrogen-bond donors (Lipinski definition) is 1. The van der Waals surface area contributed by atoms with Crippen LogP contribution in [0.25, 0.3) is 0 Å². The number of nitro benzene ring substituents is 1. The Labute approximate surface area is 194 Å². The number of ketones is 1. The molecular formula is C23H21ClN2O7. The summed E-state index contributed by atoms with van der Waals surface area (Å²) >= 11 is 6.33. The lowest BCUT2D eigenvalue weighted by atomic mass is 9.77. The van der Waals surface area contributed by atoms with Crippen molar-refractivity contribution >= 4 is 34.7 Å². The highest BCUT2D eigenvalue weighted by Crippen LogP contribution is 2.48. The zero-order chi connectivity index (χ0) is 23.9. The van der Waals surface area contributed by atoms with Crippen LogP contribution in [-0.4, -0.2) is 35.9 Å². The van der Waals surface area contributed by atoms with Crippen molar-refractivity contribution in [3.05, 3.63) is 62.3 Å². The second-order valence-corrected chi connectivity index (χ2v) is 8.20. The van der Waals surface area contributed by atoms with Crippen molar-refractivity contribution in [2.24, 2.45) is 0 Å². The summed E-state index contributed by atoms with van der Waals surface area (Å²) in [5.41, 5.74) is 1.50. The van der Waals surface area contributed by atoms with Crippen molar-refractivity contribution in [3.8, 4) is 17.2 Å². The van der Waals surface area contributed by atoms with Gasteiger partial charge in [-0.2, -0.15) is 0 Å². The Bertz CT molecular complexity index is 1180. The first kappa shape index (κ1) is 22.6. The van der Waals surface area contributed by atoms with Gasteiger partial charge in [-0.25, -0.2) is 0 Å². The average molecular weight is 473 g/mol. The molecule has 0 fully saturated rings. The molecule has 1 heterocycles. The van der Waals surface area contributed by atoms with E-state index in [0.29, 0.717) is 36.1 Å². The van der Waals surface area contributed by atoms with Gasteiger partial charge in [0.15, 0.2) is 17.3 Å². The third-order valence-corrected chi connectivity index (χ3v) is 6.28. The number of nitrogens with zero attached hydrogens (tertiary/aromatic N) is 2. The summed E-state index contributed by atoms with van der Waals surface area (Å²) in [5, 5.41) is 21.7. The Morgan fingerprint density at radius 2 is 1.79 bits per heavy atom. The number of aromatic hydroxyl groups is 1. The van der Waals surface area contributed by atoms with Gasteiger partial charge in [0.2, 0.25) is 11.7 Å². The molecule has 0 bridgehead atoms. The van der Waals surface area contributed by atoms with Crippen LogP contribution >= 0.6 is 11.6 Å². The van der Waals surface area contributed by atoms with Gasteiger partial charge in [0.1, 0.15) is 0 Å². The first-order valence-electron chi connectivity index (χ1n) is 10.2. The maximum absolute atomic E-state index is 13.4. The number of allylic oxidation sites excluding steroid dienone is 2. The SMILES string of the molecule is COc1cc(C2CC(=O)N(c3cc([N+](=O)[O-])ccc3Cl)C3=C2C(=O)CCC3)cc(OC)c1O. The molecule has 0 saturated carbocycles. The van der Waals surface area contributed by atoms with Crippen LogP contribution in [0.15, 0.2) is 41.6 Å². The second kappa shape index (κ2) is 8.74. The standard InChI is InChI=1S/C23H21ClN2O7/c1-32-19-8-12(9-20(33-2)23(19)29)14-11-21(28)25(16-4-3-5-18(27)22(14)16)17-10-13(26(30)31)6-7-15(17)24/h6-10,14,29H,3-5,11H2,1-2H3. The lowest BCUT2D eigenvalue weighted by Gasteiger charge is -2.38. The molecule has 9 nitrogen and oxygen atoms in total. The van der Waals surface area contributed by atoms with Gasteiger partial charge in [-0.05, 0) is 36.6 Å². The van der Waals surface area contributed by atoms with E-state index in [0.717, 1.165) is 0 Å². The van der Waals surface area contributed by atoms with Gasteiger partial charge in [0.25, 0.3) is 5.69 Å². The van der Waals surface area contributed by atoms with Crippen molar-refractivity contribution in [1.29, 1.82) is 0 Å². The number of rotatable bonds is 5. The summed E-state index contributed by atoms with van der Waals surface area (Å²) < 4.78 is 10.5. The fraction of sp³-hybridized carbons (Fsp3) is 0.304. The van der Waals surface area contributed by atoms with Crippen LogP contribution in [-0.2, 0) is 9.59 Å². The number of anilines is 1. The number of ether oxygens (including phenoxy) is 2. The number of non-ortho nitro benzene ring substituents is 1. The van der Waals surface area contributed by atoms with E-state index in [1.54, 1.807) is 12.1 Å². The van der Waals surface area contributed by atoms with Crippen LogP contribution in [0.5, 0.6) is 17.2 Å². The smallest absolute Gasteiger partial charge is 0.271 e. The summed E-state index contributed by atoms with van der Waals surface area (Å²) in [6, 6.07) is 7.04. The number of methoxy groups -OCH3 is 2. The fourth-order valence-corrected chi connectivity index (χ4v) is 4.66. The molecule has 1 aliphatic heterocycles. The quantitative estimate of drug-likeness (QED) is 0.502. The van der Waals surface area contributed by atoms with Crippen LogP contribution in [0.3, 0.4) is 0 Å². The van der Waals surface area contributed by atoms with E-state index in [2.05, 4.69) is 0 Å². The van der Waals surface area contributed by atoms with Crippen LogP contribution in [0.2, 0.25) is 5.02 Å². The summed E-state index contributed by atoms with van der Waals surface area (Å²) in [5.74, 6) is -0.900. The van der Waals surface area contributed by atoms with E-state index in [4.69, 9.17) is 21.1 Å². The van der Waals surface area contributed by atoms with Gasteiger partial charge in [-0.15, -0.1) is 0 Å². The summed E-state index contributed by atoms with van der Waals surface area (Å²) in [4.78, 5) is 38.5. The lowest BCUT2D eigenvalue weighted by Crippen LogP contribution is -2.40. The number of amides is 1. The van der Waals surface area contributed by atoms with Gasteiger partial charge >= 0.3 is 0 Å². The summed E-state index contributed by atoms with van der Waals surface area (Å²) in [6.07, 6.45) is 1.24. The van der Waals surface area contributed by atoms with E-state index >= 15 is 0 Å². The van der Waals surface area contributed by atoms with Crippen molar-refractivity contribution in [2.45, 2.75) is 31.6 Å². The molecule has 2 aliphatic rings. The molecule has 4 rings (SSSR count). The largest absolute Gasteiger partial charge is 0.502 e. The van der Waals surface area contributed by atoms with E-state index in [9.17, 15) is 24.8 Å². The molecule has 1 amide bonds. The summed E-state index contributed by atoms with van der Waals surface area (Å²) in [6.45, 7) is 0. The Hall–Kier alpha value is -3.59. The number of phenols is 1. The molecule has 1 aliphatic carbocycles. The molecule has 1 atom stereocenters. The van der Waals surface area contributed by atoms with Crippen LogP contribution in [0.1, 0.15) is 37.2 Å². The molecule has 0 spiro atoms. The molecule has 0 aromatic heterocycles. The Balaban J connectivity index is 1.91. The molecular weight excluding hydrogens is 452 g/mol. The maximum Gasteiger partial charge on any atom is 0.271 e. The Kier molecular flexibility index (Phi) is 5.99. The number of benzene rings is 2. The van der Waals surface area contributed by atoms with Crippen molar-refractivity contribution < 1.29 is 29.1 Å². The Morgan fingerprint density at radius 1 is 1.12 bits per heavy atom. The predicted octanol–water partition coefficient (Wildman–Crippen LogP) is 4.50. The van der Waals surface area contributed by atoms with E-state index in [-0.39, 0.29) is 51.8 Å². The van der Waals surface area contributed by atoms with E-state index in [1.807, 2.05) is 0 Å².